The molecule has 2 atom stereocenters. The Bertz CT molecular complexity index is 1370. The van der Waals surface area contributed by atoms with Crippen LogP contribution in [0.15, 0.2) is 153 Å². The fraction of sp³-hybridized carbons (Fsp3) is 0.222. The van der Waals surface area contributed by atoms with Crippen LogP contribution < -0.4 is 0 Å². The van der Waals surface area contributed by atoms with E-state index in [1.165, 1.54) is 22.3 Å². The predicted molar refractivity (Wildman–Crippen MR) is 161 cm³/mol. The van der Waals surface area contributed by atoms with Crippen molar-refractivity contribution in [2.75, 3.05) is 0 Å². The molecule has 4 aliphatic carbocycles. The fourth-order valence-corrected chi connectivity index (χ4v) is 11.9. The maximum absolute atomic E-state index is 2.62. The van der Waals surface area contributed by atoms with Crippen molar-refractivity contribution in [1.29, 1.82) is 0 Å². The van der Waals surface area contributed by atoms with Crippen molar-refractivity contribution in [2.24, 2.45) is 0 Å². The van der Waals surface area contributed by atoms with Crippen molar-refractivity contribution in [1.82, 2.24) is 0 Å². The summed E-state index contributed by atoms with van der Waals surface area (Å²) in [5.41, 5.74) is 12.1. The smallest absolute Gasteiger partial charge is 0.0726 e. The maximum atomic E-state index is 2.62. The summed E-state index contributed by atoms with van der Waals surface area (Å²) < 4.78 is 0. The molecular weight excluding hydrogens is 460 g/mol. The molecule has 0 fully saturated rings. The molecule has 0 aliphatic heterocycles. The fourth-order valence-electron chi connectivity index (χ4n) is 7.36. The van der Waals surface area contributed by atoms with E-state index >= 15 is 0 Å². The van der Waals surface area contributed by atoms with Gasteiger partial charge in [-0.15, -0.1) is 0 Å². The number of hydrogen-bond acceptors (Lipinski definition) is 0. The normalized spacial score (nSPS) is 23.1. The Balaban J connectivity index is 1.50. The number of benzene rings is 2. The molecule has 37 heavy (non-hydrogen) atoms. The van der Waals surface area contributed by atoms with Gasteiger partial charge in [-0.25, -0.2) is 0 Å². The highest BCUT2D eigenvalue weighted by Gasteiger charge is 2.44. The molecule has 0 spiro atoms. The van der Waals surface area contributed by atoms with E-state index in [0.717, 1.165) is 12.8 Å². The van der Waals surface area contributed by atoms with Gasteiger partial charge in [0.15, 0.2) is 0 Å². The average Bonchev–Trinajstić information content (AvgIpc) is 3.23. The van der Waals surface area contributed by atoms with Gasteiger partial charge in [-0.1, -0.05) is 144 Å². The van der Waals surface area contributed by atoms with E-state index in [-0.39, 0.29) is 0 Å². The van der Waals surface area contributed by atoms with E-state index < -0.39 is 8.07 Å². The summed E-state index contributed by atoms with van der Waals surface area (Å²) in [5.74, 6) is 0.611. The molecule has 1 heteroatoms. The molecular formula is C36H36Si. The first kappa shape index (κ1) is 23.9. The lowest BCUT2D eigenvalue weighted by molar-refractivity contribution is 1.00. The van der Waals surface area contributed by atoms with Crippen molar-refractivity contribution < 1.29 is 0 Å². The van der Waals surface area contributed by atoms with E-state index in [9.17, 15) is 0 Å². The Labute approximate surface area is 223 Å². The third kappa shape index (κ3) is 4.06. The summed E-state index contributed by atoms with van der Waals surface area (Å²) in [5, 5.41) is 3.36. The van der Waals surface area contributed by atoms with Crippen LogP contribution in [0.1, 0.15) is 49.7 Å². The molecule has 0 saturated carbocycles. The van der Waals surface area contributed by atoms with Crippen LogP contribution in [0.4, 0.5) is 0 Å². The first-order valence-corrected chi connectivity index (χ1v) is 16.6. The summed E-state index contributed by atoms with van der Waals surface area (Å²) in [6.07, 6.45) is 20.7. The lowest BCUT2D eigenvalue weighted by Crippen LogP contribution is -2.36. The zero-order chi connectivity index (χ0) is 25.6. The van der Waals surface area contributed by atoms with Crippen molar-refractivity contribution in [3.8, 4) is 0 Å². The first-order chi connectivity index (χ1) is 18.0. The number of rotatable bonds is 4. The van der Waals surface area contributed by atoms with Crippen LogP contribution in [0.25, 0.3) is 0 Å². The highest BCUT2D eigenvalue weighted by Crippen LogP contribution is 2.53. The third-order valence-corrected chi connectivity index (χ3v) is 12.5. The molecule has 4 aliphatic rings. The van der Waals surface area contributed by atoms with Gasteiger partial charge in [0.2, 0.25) is 0 Å². The summed E-state index contributed by atoms with van der Waals surface area (Å²) in [6.45, 7) is 10.1. The van der Waals surface area contributed by atoms with Gasteiger partial charge in [0, 0.05) is 11.8 Å². The van der Waals surface area contributed by atoms with E-state index in [2.05, 4.69) is 136 Å². The van der Waals surface area contributed by atoms with E-state index in [1.54, 1.807) is 32.7 Å². The third-order valence-electron chi connectivity index (χ3n) is 8.61. The first-order valence-electron chi connectivity index (χ1n) is 13.6. The molecule has 0 saturated heterocycles. The minimum Gasteiger partial charge on any atom is -0.0726 e. The van der Waals surface area contributed by atoms with Gasteiger partial charge in [0.25, 0.3) is 0 Å². The van der Waals surface area contributed by atoms with Gasteiger partial charge in [0.05, 0.1) is 0 Å². The van der Waals surface area contributed by atoms with Gasteiger partial charge >= 0.3 is 0 Å². The van der Waals surface area contributed by atoms with Crippen LogP contribution in [-0.4, -0.2) is 8.07 Å². The molecule has 0 radical (unpaired) electrons. The highest BCUT2D eigenvalue weighted by atomic mass is 28.3. The van der Waals surface area contributed by atoms with Crippen LogP contribution in [0, 0.1) is 0 Å². The highest BCUT2D eigenvalue weighted by molar-refractivity contribution is 6.92. The summed E-state index contributed by atoms with van der Waals surface area (Å²) in [7, 11) is -2.07. The number of allylic oxidation sites excluding steroid dienone is 16. The summed E-state index contributed by atoms with van der Waals surface area (Å²) in [6, 6.07) is 22.2. The second-order valence-corrected chi connectivity index (χ2v) is 15.7. The molecule has 0 heterocycles. The van der Waals surface area contributed by atoms with E-state index in [1.807, 2.05) is 0 Å². The second-order valence-electron chi connectivity index (χ2n) is 11.4. The van der Waals surface area contributed by atoms with Gasteiger partial charge in [0.1, 0.15) is 8.07 Å². The molecule has 0 nitrogen and oxygen atoms in total. The van der Waals surface area contributed by atoms with E-state index in [4.69, 9.17) is 0 Å². The molecule has 2 aromatic rings. The molecule has 0 N–H and O–H groups in total. The molecule has 0 amide bonds. The van der Waals surface area contributed by atoms with Gasteiger partial charge in [-0.05, 0) is 60.1 Å². The quantitative estimate of drug-likeness (QED) is 0.370. The summed E-state index contributed by atoms with van der Waals surface area (Å²) >= 11 is 0. The Morgan fingerprint density at radius 1 is 0.568 bits per heavy atom. The van der Waals surface area contributed by atoms with Gasteiger partial charge in [-0.3, -0.25) is 0 Å². The zero-order valence-electron chi connectivity index (χ0n) is 22.5. The molecule has 6 rings (SSSR count). The molecule has 2 unspecified atom stereocenters. The lowest BCUT2D eigenvalue weighted by Gasteiger charge is -2.36. The van der Waals surface area contributed by atoms with E-state index in [0.29, 0.717) is 11.8 Å². The van der Waals surface area contributed by atoms with Gasteiger partial charge in [-0.2, -0.15) is 0 Å². The Morgan fingerprint density at radius 2 is 0.973 bits per heavy atom. The van der Waals surface area contributed by atoms with Gasteiger partial charge < -0.3 is 0 Å². The van der Waals surface area contributed by atoms with Crippen molar-refractivity contribution in [3.63, 3.8) is 0 Å². The lowest BCUT2D eigenvalue weighted by atomic mass is 9.89. The minimum atomic E-state index is -2.07. The van der Waals surface area contributed by atoms with Crippen LogP contribution >= 0.6 is 0 Å². The van der Waals surface area contributed by atoms with Crippen LogP contribution in [0.3, 0.4) is 0 Å². The average molecular weight is 497 g/mol. The number of hydrogen-bond donors (Lipinski definition) is 0. The van der Waals surface area contributed by atoms with Crippen LogP contribution in [-0.2, 0) is 0 Å². The largest absolute Gasteiger partial charge is 0.112 e. The molecule has 0 bridgehead atoms. The minimum absolute atomic E-state index is 0.306. The van der Waals surface area contributed by atoms with Crippen molar-refractivity contribution in [2.45, 2.75) is 51.6 Å². The molecule has 0 aromatic heterocycles. The predicted octanol–water partition coefficient (Wildman–Crippen LogP) is 9.63. The SMILES string of the molecule is CC1=C([Si](C)(C)C2=C(C)CC3=C2C(c2ccccc2)C=CC=C3)C2=C(C=CC=CC2c2ccccc2)C1. The monoisotopic (exact) mass is 496 g/mol. The standard InChI is InChI=1S/C36H36Si/c1-25-23-29-19-11-13-21-31(27-15-7-5-8-16-27)33(29)35(25)37(3,4)36-26(2)24-30-20-12-14-22-32(34(30)36)28-17-9-6-10-18-28/h5-22,31-32H,23-24H2,1-4H3. The Kier molecular flexibility index (Phi) is 6.13. The van der Waals surface area contributed by atoms with Crippen LogP contribution in [0.5, 0.6) is 0 Å². The molecule has 184 valence electrons. The van der Waals surface area contributed by atoms with Crippen molar-refractivity contribution in [3.05, 3.63) is 164 Å². The topological polar surface area (TPSA) is 0 Å². The Hall–Kier alpha value is -3.42. The van der Waals surface area contributed by atoms with Crippen molar-refractivity contribution >= 4 is 8.07 Å². The summed E-state index contributed by atoms with van der Waals surface area (Å²) in [4.78, 5) is 0. The Morgan fingerprint density at radius 3 is 1.38 bits per heavy atom. The van der Waals surface area contributed by atoms with Crippen LogP contribution in [0.2, 0.25) is 13.1 Å². The second kappa shape index (κ2) is 9.47. The molecule has 2 aromatic carbocycles. The zero-order valence-corrected chi connectivity index (χ0v) is 23.5. The maximum Gasteiger partial charge on any atom is 0.112 e.